The van der Waals surface area contributed by atoms with Gasteiger partial charge < -0.3 is 10.1 Å². The summed E-state index contributed by atoms with van der Waals surface area (Å²) in [6, 6.07) is 29.5. The summed E-state index contributed by atoms with van der Waals surface area (Å²) in [5.41, 5.74) is 6.67. The van der Waals surface area contributed by atoms with Gasteiger partial charge in [0.05, 0.1) is 5.56 Å². The fourth-order valence-corrected chi connectivity index (χ4v) is 4.75. The Kier molecular flexibility index (Phi) is 4.58. The molecule has 33 heavy (non-hydrogen) atoms. The standard InChI is InChI=1S/C29H23N3O/c1-18-12-15-24(19(2)16-18)32-28-26-25(21-9-4-3-5-10-21)23-14-13-20-8-6-7-11-22(20)27(23)33-29(26)31-17-30-28/h3-17,25H,1-2H3,(H,30,31,32). The van der Waals surface area contributed by atoms with Crippen LogP contribution in [0.15, 0.2) is 91.3 Å². The molecule has 0 fully saturated rings. The van der Waals surface area contributed by atoms with Gasteiger partial charge in [-0.15, -0.1) is 0 Å². The fraction of sp³-hybridized carbons (Fsp3) is 0.103. The van der Waals surface area contributed by atoms with Crippen LogP contribution >= 0.6 is 0 Å². The van der Waals surface area contributed by atoms with Gasteiger partial charge in [-0.25, -0.2) is 9.97 Å². The minimum atomic E-state index is -0.0518. The molecule has 4 aromatic carbocycles. The molecule has 4 heteroatoms. The fourth-order valence-electron chi connectivity index (χ4n) is 4.75. The SMILES string of the molecule is Cc1ccc(Nc2ncnc3c2C(c2ccccc2)c2ccc4ccccc4c2O3)c(C)c1. The summed E-state index contributed by atoms with van der Waals surface area (Å²) in [6.45, 7) is 4.21. The van der Waals surface area contributed by atoms with Crippen molar-refractivity contribution < 1.29 is 4.74 Å². The molecule has 1 aliphatic rings. The van der Waals surface area contributed by atoms with E-state index in [0.717, 1.165) is 39.2 Å². The molecule has 1 N–H and O–H groups in total. The molecule has 0 amide bonds. The lowest BCUT2D eigenvalue weighted by atomic mass is 9.82. The molecule has 0 saturated heterocycles. The first kappa shape index (κ1) is 19.5. The number of hydrogen-bond donors (Lipinski definition) is 1. The Morgan fingerprint density at radius 3 is 2.48 bits per heavy atom. The first-order chi connectivity index (χ1) is 16.2. The van der Waals surface area contributed by atoms with E-state index in [0.29, 0.717) is 5.88 Å². The monoisotopic (exact) mass is 429 g/mol. The number of hydrogen-bond acceptors (Lipinski definition) is 4. The molecular weight excluding hydrogens is 406 g/mol. The number of rotatable bonds is 3. The summed E-state index contributed by atoms with van der Waals surface area (Å²) < 4.78 is 6.48. The number of aromatic nitrogens is 2. The second-order valence-corrected chi connectivity index (χ2v) is 8.54. The van der Waals surface area contributed by atoms with Crippen LogP contribution in [0.25, 0.3) is 10.8 Å². The molecule has 6 rings (SSSR count). The molecule has 0 spiro atoms. The number of fused-ring (bicyclic) bond motifs is 4. The third-order valence-corrected chi connectivity index (χ3v) is 6.32. The Morgan fingerprint density at radius 1 is 0.818 bits per heavy atom. The zero-order chi connectivity index (χ0) is 22.4. The van der Waals surface area contributed by atoms with Crippen molar-refractivity contribution in [1.29, 1.82) is 0 Å². The Labute approximate surface area is 192 Å². The van der Waals surface area contributed by atoms with E-state index < -0.39 is 0 Å². The molecule has 1 aliphatic heterocycles. The van der Waals surface area contributed by atoms with E-state index in [4.69, 9.17) is 4.74 Å². The minimum Gasteiger partial charge on any atom is -0.438 e. The highest BCUT2D eigenvalue weighted by Crippen LogP contribution is 2.51. The number of nitrogens with one attached hydrogen (secondary N) is 1. The number of ether oxygens (including phenoxy) is 1. The lowest BCUT2D eigenvalue weighted by Gasteiger charge is -2.30. The number of benzene rings is 4. The van der Waals surface area contributed by atoms with E-state index in [1.165, 1.54) is 16.7 Å². The predicted molar refractivity (Wildman–Crippen MR) is 133 cm³/mol. The average Bonchev–Trinajstić information content (AvgIpc) is 2.85. The zero-order valence-corrected chi connectivity index (χ0v) is 18.5. The molecule has 0 radical (unpaired) electrons. The summed E-state index contributed by atoms with van der Waals surface area (Å²) in [4.78, 5) is 9.23. The summed E-state index contributed by atoms with van der Waals surface area (Å²) >= 11 is 0. The third-order valence-electron chi connectivity index (χ3n) is 6.32. The maximum absolute atomic E-state index is 6.48. The van der Waals surface area contributed by atoms with Gasteiger partial charge in [-0.3, -0.25) is 0 Å². The summed E-state index contributed by atoms with van der Waals surface area (Å²) in [7, 11) is 0. The zero-order valence-electron chi connectivity index (χ0n) is 18.5. The third kappa shape index (κ3) is 3.31. The highest BCUT2D eigenvalue weighted by atomic mass is 16.5. The van der Waals surface area contributed by atoms with Crippen LogP contribution < -0.4 is 10.1 Å². The molecule has 160 valence electrons. The van der Waals surface area contributed by atoms with E-state index in [1.54, 1.807) is 6.33 Å². The molecule has 1 aromatic heterocycles. The Morgan fingerprint density at radius 2 is 1.64 bits per heavy atom. The molecule has 0 saturated carbocycles. The Bertz CT molecular complexity index is 1490. The van der Waals surface area contributed by atoms with Gasteiger partial charge in [0.25, 0.3) is 0 Å². The van der Waals surface area contributed by atoms with Crippen molar-refractivity contribution in [1.82, 2.24) is 9.97 Å². The maximum atomic E-state index is 6.48. The van der Waals surface area contributed by atoms with Crippen LogP contribution in [0.4, 0.5) is 11.5 Å². The quantitative estimate of drug-likeness (QED) is 0.321. The molecule has 4 nitrogen and oxygen atoms in total. The van der Waals surface area contributed by atoms with Gasteiger partial charge in [-0.1, -0.05) is 84.4 Å². The summed E-state index contributed by atoms with van der Waals surface area (Å²) in [5, 5.41) is 5.80. The van der Waals surface area contributed by atoms with Crippen LogP contribution in [0.1, 0.15) is 33.7 Å². The molecule has 0 aliphatic carbocycles. The number of aryl methyl sites for hydroxylation is 2. The Hall–Kier alpha value is -4.18. The van der Waals surface area contributed by atoms with Crippen molar-refractivity contribution in [2.45, 2.75) is 19.8 Å². The molecule has 0 bridgehead atoms. The lowest BCUT2D eigenvalue weighted by molar-refractivity contribution is 0.438. The summed E-state index contributed by atoms with van der Waals surface area (Å²) in [6.07, 6.45) is 1.57. The van der Waals surface area contributed by atoms with Gasteiger partial charge in [-0.2, -0.15) is 0 Å². The molecule has 5 aromatic rings. The smallest absolute Gasteiger partial charge is 0.228 e. The molecule has 1 unspecified atom stereocenters. The topological polar surface area (TPSA) is 47.0 Å². The normalized spacial score (nSPS) is 14.3. The molecule has 1 atom stereocenters. The predicted octanol–water partition coefficient (Wildman–Crippen LogP) is 7.28. The maximum Gasteiger partial charge on any atom is 0.228 e. The van der Waals surface area contributed by atoms with Crippen LogP contribution in [-0.2, 0) is 0 Å². The van der Waals surface area contributed by atoms with Gasteiger partial charge in [0.2, 0.25) is 5.88 Å². The number of nitrogens with zero attached hydrogens (tertiary/aromatic N) is 2. The average molecular weight is 430 g/mol. The largest absolute Gasteiger partial charge is 0.438 e. The second-order valence-electron chi connectivity index (χ2n) is 8.54. The van der Waals surface area contributed by atoms with Gasteiger partial charge in [0.15, 0.2) is 0 Å². The van der Waals surface area contributed by atoms with E-state index in [-0.39, 0.29) is 5.92 Å². The minimum absolute atomic E-state index is 0.0518. The first-order valence-corrected chi connectivity index (χ1v) is 11.1. The second kappa shape index (κ2) is 7.75. The highest BCUT2D eigenvalue weighted by Gasteiger charge is 2.34. The first-order valence-electron chi connectivity index (χ1n) is 11.1. The summed E-state index contributed by atoms with van der Waals surface area (Å²) in [5.74, 6) is 2.17. The van der Waals surface area contributed by atoms with E-state index >= 15 is 0 Å². The van der Waals surface area contributed by atoms with Crippen molar-refractivity contribution in [3.8, 4) is 11.6 Å². The van der Waals surface area contributed by atoms with Crippen molar-refractivity contribution in [2.24, 2.45) is 0 Å². The number of anilines is 2. The van der Waals surface area contributed by atoms with Crippen LogP contribution in [0.5, 0.6) is 11.6 Å². The van der Waals surface area contributed by atoms with Crippen molar-refractivity contribution >= 4 is 22.3 Å². The van der Waals surface area contributed by atoms with Crippen molar-refractivity contribution in [3.05, 3.63) is 119 Å². The van der Waals surface area contributed by atoms with Crippen molar-refractivity contribution in [3.63, 3.8) is 0 Å². The van der Waals surface area contributed by atoms with E-state index in [9.17, 15) is 0 Å². The van der Waals surface area contributed by atoms with Gasteiger partial charge in [-0.05, 0) is 36.4 Å². The molecular formula is C29H23N3O. The van der Waals surface area contributed by atoms with Gasteiger partial charge >= 0.3 is 0 Å². The van der Waals surface area contributed by atoms with Crippen LogP contribution in [0, 0.1) is 13.8 Å². The van der Waals surface area contributed by atoms with Crippen molar-refractivity contribution in [2.75, 3.05) is 5.32 Å². The van der Waals surface area contributed by atoms with Gasteiger partial charge in [0, 0.05) is 22.6 Å². The Balaban J connectivity index is 1.58. The highest BCUT2D eigenvalue weighted by molar-refractivity contribution is 5.91. The van der Waals surface area contributed by atoms with Gasteiger partial charge in [0.1, 0.15) is 17.9 Å². The van der Waals surface area contributed by atoms with E-state index in [2.05, 4.69) is 95.9 Å². The van der Waals surface area contributed by atoms with Crippen LogP contribution in [0.2, 0.25) is 0 Å². The van der Waals surface area contributed by atoms with Crippen LogP contribution in [0.3, 0.4) is 0 Å². The van der Waals surface area contributed by atoms with Crippen LogP contribution in [-0.4, -0.2) is 9.97 Å². The lowest BCUT2D eigenvalue weighted by Crippen LogP contribution is -2.16. The van der Waals surface area contributed by atoms with E-state index in [1.807, 2.05) is 18.2 Å². The molecule has 2 heterocycles.